The zero-order chi connectivity index (χ0) is 16.9. The number of nitrogens with one attached hydrogen (secondary N) is 2. The van der Waals surface area contributed by atoms with Crippen molar-refractivity contribution in [2.24, 2.45) is 5.92 Å². The molecule has 2 N–H and O–H groups in total. The van der Waals surface area contributed by atoms with Crippen LogP contribution in [0.15, 0.2) is 41.8 Å². The van der Waals surface area contributed by atoms with Crippen molar-refractivity contribution in [1.29, 1.82) is 0 Å². The fraction of sp³-hybridized carbons (Fsp3) is 0.450. The average molecular weight is 343 g/mol. The van der Waals surface area contributed by atoms with Crippen LogP contribution in [0.3, 0.4) is 0 Å². The molecule has 3 atom stereocenters. The quantitative estimate of drug-likeness (QED) is 0.830. The SMILES string of the molecule is CCC(C)c1ccc(C(NC(=O)C2CCNC2)c2cccs2)cc1. The number of amides is 1. The van der Waals surface area contributed by atoms with Crippen molar-refractivity contribution in [3.8, 4) is 0 Å². The molecular formula is C20H26N2OS. The molecule has 2 aromatic rings. The summed E-state index contributed by atoms with van der Waals surface area (Å²) in [6.07, 6.45) is 2.06. The predicted octanol–water partition coefficient (Wildman–Crippen LogP) is 4.08. The summed E-state index contributed by atoms with van der Waals surface area (Å²) in [7, 11) is 0. The average Bonchev–Trinajstić information content (AvgIpc) is 3.32. The van der Waals surface area contributed by atoms with Crippen LogP contribution in [0, 0.1) is 5.92 Å². The van der Waals surface area contributed by atoms with Crippen molar-refractivity contribution in [3.05, 3.63) is 57.8 Å². The van der Waals surface area contributed by atoms with Crippen LogP contribution in [-0.4, -0.2) is 19.0 Å². The Hall–Kier alpha value is -1.65. The molecule has 0 aliphatic carbocycles. The minimum atomic E-state index is -0.0518. The number of carbonyl (C=O) groups is 1. The Morgan fingerprint density at radius 2 is 2.04 bits per heavy atom. The Balaban J connectivity index is 1.81. The van der Waals surface area contributed by atoms with E-state index in [1.807, 2.05) is 6.07 Å². The standard InChI is InChI=1S/C20H26N2OS/c1-3-14(2)15-6-8-16(9-7-15)19(18-5-4-12-24-18)22-20(23)17-10-11-21-13-17/h4-9,12,14,17,19,21H,3,10-11,13H2,1-2H3,(H,22,23). The van der Waals surface area contributed by atoms with E-state index >= 15 is 0 Å². The van der Waals surface area contributed by atoms with Crippen LogP contribution >= 0.6 is 11.3 Å². The van der Waals surface area contributed by atoms with Gasteiger partial charge in [0.25, 0.3) is 0 Å². The molecule has 3 nitrogen and oxygen atoms in total. The molecule has 2 heterocycles. The van der Waals surface area contributed by atoms with Gasteiger partial charge in [0.1, 0.15) is 0 Å². The van der Waals surface area contributed by atoms with Crippen LogP contribution in [0.1, 0.15) is 54.7 Å². The van der Waals surface area contributed by atoms with Crippen molar-refractivity contribution in [3.63, 3.8) is 0 Å². The minimum absolute atomic E-state index is 0.0518. The summed E-state index contributed by atoms with van der Waals surface area (Å²) < 4.78 is 0. The molecule has 0 spiro atoms. The maximum Gasteiger partial charge on any atom is 0.225 e. The van der Waals surface area contributed by atoms with Crippen molar-refractivity contribution in [2.45, 2.75) is 38.6 Å². The lowest BCUT2D eigenvalue weighted by molar-refractivity contribution is -0.124. The van der Waals surface area contributed by atoms with Crippen molar-refractivity contribution in [2.75, 3.05) is 13.1 Å². The molecule has 1 aliphatic rings. The van der Waals surface area contributed by atoms with E-state index in [1.54, 1.807) is 11.3 Å². The number of thiophene rings is 1. The largest absolute Gasteiger partial charge is 0.344 e. The Bertz CT molecular complexity index is 645. The highest BCUT2D eigenvalue weighted by atomic mass is 32.1. The van der Waals surface area contributed by atoms with Crippen LogP contribution < -0.4 is 10.6 Å². The number of hydrogen-bond donors (Lipinski definition) is 2. The van der Waals surface area contributed by atoms with Gasteiger partial charge in [-0.15, -0.1) is 11.3 Å². The maximum atomic E-state index is 12.6. The lowest BCUT2D eigenvalue weighted by Crippen LogP contribution is -2.35. The summed E-state index contributed by atoms with van der Waals surface area (Å²) in [5.74, 6) is 0.814. The predicted molar refractivity (Wildman–Crippen MR) is 100 cm³/mol. The highest BCUT2D eigenvalue weighted by Crippen LogP contribution is 2.28. The van der Waals surface area contributed by atoms with Gasteiger partial charge in [-0.2, -0.15) is 0 Å². The molecule has 1 aromatic carbocycles. The molecule has 1 aromatic heterocycles. The van der Waals surface area contributed by atoms with Gasteiger partial charge in [-0.3, -0.25) is 4.79 Å². The summed E-state index contributed by atoms with van der Waals surface area (Å²) >= 11 is 1.70. The molecule has 3 rings (SSSR count). The summed E-state index contributed by atoms with van der Waals surface area (Å²) in [6, 6.07) is 12.8. The maximum absolute atomic E-state index is 12.6. The van der Waals surface area contributed by atoms with E-state index in [0.29, 0.717) is 5.92 Å². The molecule has 1 fully saturated rings. The van der Waals surface area contributed by atoms with Crippen LogP contribution in [0.5, 0.6) is 0 Å². The topological polar surface area (TPSA) is 41.1 Å². The molecule has 0 bridgehead atoms. The van der Waals surface area contributed by atoms with Gasteiger partial charge in [0.05, 0.1) is 12.0 Å². The third-order valence-corrected chi connectivity index (χ3v) is 5.93. The summed E-state index contributed by atoms with van der Waals surface area (Å²) in [6.45, 7) is 6.19. The summed E-state index contributed by atoms with van der Waals surface area (Å²) in [4.78, 5) is 13.8. The molecule has 24 heavy (non-hydrogen) atoms. The van der Waals surface area contributed by atoms with E-state index < -0.39 is 0 Å². The highest BCUT2D eigenvalue weighted by Gasteiger charge is 2.26. The second-order valence-corrected chi connectivity index (χ2v) is 7.60. The Morgan fingerprint density at radius 1 is 1.29 bits per heavy atom. The smallest absolute Gasteiger partial charge is 0.225 e. The Labute approximate surface area is 148 Å². The monoisotopic (exact) mass is 342 g/mol. The van der Waals surface area contributed by atoms with E-state index in [4.69, 9.17) is 0 Å². The Morgan fingerprint density at radius 3 is 2.62 bits per heavy atom. The molecule has 1 amide bonds. The number of hydrogen-bond acceptors (Lipinski definition) is 3. The summed E-state index contributed by atoms with van der Waals surface area (Å²) in [5, 5.41) is 8.61. The highest BCUT2D eigenvalue weighted by molar-refractivity contribution is 7.10. The Kier molecular flexibility index (Phi) is 5.69. The lowest BCUT2D eigenvalue weighted by Gasteiger charge is -2.21. The first-order chi connectivity index (χ1) is 11.7. The van der Waals surface area contributed by atoms with E-state index in [2.05, 4.69) is 60.2 Å². The van der Waals surface area contributed by atoms with E-state index in [1.165, 1.54) is 10.4 Å². The van der Waals surface area contributed by atoms with Crippen molar-refractivity contribution < 1.29 is 4.79 Å². The summed E-state index contributed by atoms with van der Waals surface area (Å²) in [5.41, 5.74) is 2.52. The third-order valence-electron chi connectivity index (χ3n) is 5.00. The van der Waals surface area contributed by atoms with Crippen LogP contribution in [0.4, 0.5) is 0 Å². The molecule has 0 radical (unpaired) electrons. The van der Waals surface area contributed by atoms with Crippen molar-refractivity contribution >= 4 is 17.2 Å². The van der Waals surface area contributed by atoms with Crippen LogP contribution in [0.25, 0.3) is 0 Å². The first-order valence-corrected chi connectivity index (χ1v) is 9.71. The van der Waals surface area contributed by atoms with Gasteiger partial charge in [0.15, 0.2) is 0 Å². The molecular weight excluding hydrogens is 316 g/mol. The molecule has 128 valence electrons. The molecule has 0 saturated carbocycles. The third kappa shape index (κ3) is 3.87. The van der Waals surface area contributed by atoms with E-state index in [9.17, 15) is 4.79 Å². The zero-order valence-electron chi connectivity index (χ0n) is 14.4. The van der Waals surface area contributed by atoms with Crippen LogP contribution in [0.2, 0.25) is 0 Å². The number of rotatable bonds is 6. The first kappa shape index (κ1) is 17.2. The van der Waals surface area contributed by atoms with Gasteiger partial charge in [-0.05, 0) is 47.9 Å². The van der Waals surface area contributed by atoms with Gasteiger partial charge >= 0.3 is 0 Å². The van der Waals surface area contributed by atoms with Gasteiger partial charge in [0.2, 0.25) is 5.91 Å². The second kappa shape index (κ2) is 7.95. The second-order valence-electron chi connectivity index (χ2n) is 6.62. The minimum Gasteiger partial charge on any atom is -0.344 e. The molecule has 3 unspecified atom stereocenters. The molecule has 1 saturated heterocycles. The van der Waals surface area contributed by atoms with Crippen molar-refractivity contribution in [1.82, 2.24) is 10.6 Å². The molecule has 1 aliphatic heterocycles. The fourth-order valence-corrected chi connectivity index (χ4v) is 3.97. The van der Waals surface area contributed by atoms with Crippen LogP contribution in [-0.2, 0) is 4.79 Å². The zero-order valence-corrected chi connectivity index (χ0v) is 15.2. The van der Waals surface area contributed by atoms with E-state index in [0.717, 1.165) is 31.5 Å². The lowest BCUT2D eigenvalue weighted by atomic mass is 9.95. The van der Waals surface area contributed by atoms with Gasteiger partial charge < -0.3 is 10.6 Å². The van der Waals surface area contributed by atoms with Gasteiger partial charge in [0, 0.05) is 11.4 Å². The molecule has 4 heteroatoms. The number of carbonyl (C=O) groups excluding carboxylic acids is 1. The van der Waals surface area contributed by atoms with Gasteiger partial charge in [-0.25, -0.2) is 0 Å². The first-order valence-electron chi connectivity index (χ1n) is 8.83. The normalized spacial score (nSPS) is 19.8. The van der Waals surface area contributed by atoms with E-state index in [-0.39, 0.29) is 17.9 Å². The fourth-order valence-electron chi connectivity index (χ4n) is 3.17. The van der Waals surface area contributed by atoms with Gasteiger partial charge in [-0.1, -0.05) is 44.2 Å². The number of benzene rings is 1.